The van der Waals surface area contributed by atoms with E-state index in [0.29, 0.717) is 24.4 Å². The summed E-state index contributed by atoms with van der Waals surface area (Å²) in [5, 5.41) is 0. The molecule has 2 amide bonds. The molecule has 0 unspecified atom stereocenters. The zero-order valence-electron chi connectivity index (χ0n) is 16.6. The maximum Gasteiger partial charge on any atom is 0.338 e. The number of nitrogens with zero attached hydrogens (tertiary/aromatic N) is 2. The fourth-order valence-corrected chi connectivity index (χ4v) is 2.80. The summed E-state index contributed by atoms with van der Waals surface area (Å²) in [4.78, 5) is 39.4. The largest absolute Gasteiger partial charge is 0.462 e. The van der Waals surface area contributed by atoms with Gasteiger partial charge in [0.2, 0.25) is 11.8 Å². The molecule has 0 radical (unpaired) electrons. The molecule has 2 aromatic rings. The fraction of sp³-hybridized carbons (Fsp3) is 0.318. The highest BCUT2D eigenvalue weighted by Gasteiger charge is 2.16. The number of amides is 2. The molecule has 2 aromatic carbocycles. The average Bonchev–Trinajstić information content (AvgIpc) is 2.69. The Labute approximate surface area is 165 Å². The summed E-state index contributed by atoms with van der Waals surface area (Å²) in [7, 11) is 1.75. The van der Waals surface area contributed by atoms with Gasteiger partial charge in [0, 0.05) is 39.2 Å². The standard InChI is InChI=1S/C22H26N2O4/c1-4-28-22(27)19-10-12-20(13-11-19)24(17(2)25)15-14-21(26)23(3)16-18-8-6-5-7-9-18/h5-13H,4,14-16H2,1-3H3. The molecule has 0 spiro atoms. The van der Waals surface area contributed by atoms with Gasteiger partial charge < -0.3 is 14.5 Å². The number of benzene rings is 2. The first-order valence-corrected chi connectivity index (χ1v) is 9.25. The van der Waals surface area contributed by atoms with Gasteiger partial charge in [-0.05, 0) is 36.8 Å². The summed E-state index contributed by atoms with van der Waals surface area (Å²) in [5.74, 6) is -0.609. The van der Waals surface area contributed by atoms with Crippen LogP contribution in [0.3, 0.4) is 0 Å². The van der Waals surface area contributed by atoms with E-state index in [-0.39, 0.29) is 24.8 Å². The van der Waals surface area contributed by atoms with Crippen molar-refractivity contribution in [2.24, 2.45) is 0 Å². The van der Waals surface area contributed by atoms with E-state index < -0.39 is 5.97 Å². The highest BCUT2D eigenvalue weighted by atomic mass is 16.5. The first kappa shape index (κ1) is 21.2. The van der Waals surface area contributed by atoms with Crippen molar-refractivity contribution < 1.29 is 19.1 Å². The van der Waals surface area contributed by atoms with Crippen molar-refractivity contribution >= 4 is 23.5 Å². The van der Waals surface area contributed by atoms with E-state index in [9.17, 15) is 14.4 Å². The summed E-state index contributed by atoms with van der Waals surface area (Å²) in [5.41, 5.74) is 2.11. The van der Waals surface area contributed by atoms with Gasteiger partial charge in [-0.2, -0.15) is 0 Å². The molecule has 2 rings (SSSR count). The quantitative estimate of drug-likeness (QED) is 0.657. The minimum atomic E-state index is -0.402. The summed E-state index contributed by atoms with van der Waals surface area (Å²) in [6.07, 6.45) is 0.211. The lowest BCUT2D eigenvalue weighted by molar-refractivity contribution is -0.130. The number of carbonyl (C=O) groups excluding carboxylic acids is 3. The molecule has 0 aliphatic rings. The maximum absolute atomic E-state index is 12.4. The van der Waals surface area contributed by atoms with Crippen molar-refractivity contribution in [3.8, 4) is 0 Å². The van der Waals surface area contributed by atoms with E-state index in [0.717, 1.165) is 5.56 Å². The van der Waals surface area contributed by atoms with Crippen LogP contribution in [0.5, 0.6) is 0 Å². The Morgan fingerprint density at radius 1 is 0.964 bits per heavy atom. The van der Waals surface area contributed by atoms with Gasteiger partial charge in [-0.1, -0.05) is 30.3 Å². The predicted octanol–water partition coefficient (Wildman–Crippen LogP) is 3.26. The average molecular weight is 382 g/mol. The lowest BCUT2D eigenvalue weighted by Crippen LogP contribution is -2.34. The van der Waals surface area contributed by atoms with E-state index in [1.807, 2.05) is 30.3 Å². The third kappa shape index (κ3) is 5.94. The number of esters is 1. The van der Waals surface area contributed by atoms with Gasteiger partial charge in [0.25, 0.3) is 0 Å². The second kappa shape index (κ2) is 10.3. The number of rotatable bonds is 8. The minimum absolute atomic E-state index is 0.0433. The zero-order chi connectivity index (χ0) is 20.5. The van der Waals surface area contributed by atoms with Crippen LogP contribution in [-0.2, 0) is 20.9 Å². The van der Waals surface area contributed by atoms with Crippen LogP contribution in [0.4, 0.5) is 5.69 Å². The monoisotopic (exact) mass is 382 g/mol. The van der Waals surface area contributed by atoms with Crippen molar-refractivity contribution in [3.63, 3.8) is 0 Å². The van der Waals surface area contributed by atoms with Crippen LogP contribution >= 0.6 is 0 Å². The molecular formula is C22H26N2O4. The Morgan fingerprint density at radius 3 is 2.18 bits per heavy atom. The molecule has 0 saturated carbocycles. The lowest BCUT2D eigenvalue weighted by Gasteiger charge is -2.23. The molecule has 0 N–H and O–H groups in total. The van der Waals surface area contributed by atoms with Gasteiger partial charge in [-0.3, -0.25) is 9.59 Å². The number of carbonyl (C=O) groups is 3. The number of anilines is 1. The highest BCUT2D eigenvalue weighted by Crippen LogP contribution is 2.17. The van der Waals surface area contributed by atoms with Gasteiger partial charge in [0.15, 0.2) is 0 Å². The molecule has 0 aliphatic carbocycles. The van der Waals surface area contributed by atoms with Gasteiger partial charge >= 0.3 is 5.97 Å². The molecule has 0 aromatic heterocycles. The summed E-state index contributed by atoms with van der Waals surface area (Å²) >= 11 is 0. The van der Waals surface area contributed by atoms with Gasteiger partial charge in [-0.25, -0.2) is 4.79 Å². The Balaban J connectivity index is 1.98. The zero-order valence-corrected chi connectivity index (χ0v) is 16.6. The molecule has 0 atom stereocenters. The van der Waals surface area contributed by atoms with Crippen LogP contribution in [0.2, 0.25) is 0 Å². The fourth-order valence-electron chi connectivity index (χ4n) is 2.80. The highest BCUT2D eigenvalue weighted by molar-refractivity contribution is 5.94. The number of hydrogen-bond acceptors (Lipinski definition) is 4. The topological polar surface area (TPSA) is 66.9 Å². The minimum Gasteiger partial charge on any atom is -0.462 e. The van der Waals surface area contributed by atoms with Crippen molar-refractivity contribution in [1.82, 2.24) is 4.90 Å². The molecule has 0 fully saturated rings. The van der Waals surface area contributed by atoms with Crippen LogP contribution in [0.25, 0.3) is 0 Å². The number of ether oxygens (including phenoxy) is 1. The number of hydrogen-bond donors (Lipinski definition) is 0. The third-order valence-corrected chi connectivity index (χ3v) is 4.31. The second-order valence-electron chi connectivity index (χ2n) is 6.42. The Morgan fingerprint density at radius 2 is 1.61 bits per heavy atom. The van der Waals surface area contributed by atoms with Crippen LogP contribution < -0.4 is 4.90 Å². The smallest absolute Gasteiger partial charge is 0.338 e. The Bertz CT molecular complexity index is 803. The van der Waals surface area contributed by atoms with Crippen molar-refractivity contribution in [1.29, 1.82) is 0 Å². The second-order valence-corrected chi connectivity index (χ2v) is 6.42. The summed E-state index contributed by atoms with van der Waals surface area (Å²) < 4.78 is 4.96. The SMILES string of the molecule is CCOC(=O)c1ccc(N(CCC(=O)N(C)Cc2ccccc2)C(C)=O)cc1. The normalized spacial score (nSPS) is 10.2. The molecule has 0 aliphatic heterocycles. The Hall–Kier alpha value is -3.15. The van der Waals surface area contributed by atoms with Crippen LogP contribution in [0, 0.1) is 0 Å². The molecule has 0 heterocycles. The Kier molecular flexibility index (Phi) is 7.75. The molecule has 148 valence electrons. The van der Waals surface area contributed by atoms with Gasteiger partial charge in [-0.15, -0.1) is 0 Å². The molecule has 6 heteroatoms. The molecule has 0 bridgehead atoms. The summed E-state index contributed by atoms with van der Waals surface area (Å²) in [6.45, 7) is 4.30. The van der Waals surface area contributed by atoms with Gasteiger partial charge in [0.05, 0.1) is 12.2 Å². The van der Waals surface area contributed by atoms with E-state index in [4.69, 9.17) is 4.74 Å². The first-order valence-electron chi connectivity index (χ1n) is 9.25. The van der Waals surface area contributed by atoms with Crippen molar-refractivity contribution in [3.05, 3.63) is 65.7 Å². The lowest BCUT2D eigenvalue weighted by atomic mass is 10.2. The predicted molar refractivity (Wildman–Crippen MR) is 108 cm³/mol. The van der Waals surface area contributed by atoms with Crippen molar-refractivity contribution in [2.45, 2.75) is 26.8 Å². The van der Waals surface area contributed by atoms with E-state index in [2.05, 4.69) is 0 Å². The molecule has 6 nitrogen and oxygen atoms in total. The van der Waals surface area contributed by atoms with Crippen LogP contribution in [0.15, 0.2) is 54.6 Å². The molecular weight excluding hydrogens is 356 g/mol. The van der Waals surface area contributed by atoms with Crippen molar-refractivity contribution in [2.75, 3.05) is 25.1 Å². The van der Waals surface area contributed by atoms with E-state index in [1.54, 1.807) is 43.1 Å². The van der Waals surface area contributed by atoms with E-state index >= 15 is 0 Å². The maximum atomic E-state index is 12.4. The first-order chi connectivity index (χ1) is 13.4. The van der Waals surface area contributed by atoms with Gasteiger partial charge in [0.1, 0.15) is 0 Å². The van der Waals surface area contributed by atoms with Crippen LogP contribution in [-0.4, -0.2) is 42.9 Å². The van der Waals surface area contributed by atoms with E-state index in [1.165, 1.54) is 11.8 Å². The third-order valence-electron chi connectivity index (χ3n) is 4.31. The molecule has 0 saturated heterocycles. The molecule has 28 heavy (non-hydrogen) atoms. The summed E-state index contributed by atoms with van der Waals surface area (Å²) in [6, 6.07) is 16.4. The van der Waals surface area contributed by atoms with Crippen LogP contribution in [0.1, 0.15) is 36.2 Å².